The Labute approximate surface area is 119 Å². The van der Waals surface area contributed by atoms with Gasteiger partial charge in [-0.1, -0.05) is 58.8 Å². The third-order valence-corrected chi connectivity index (χ3v) is 7.30. The molecular weight excluding hydrogens is 236 g/mol. The molecule has 2 unspecified atom stereocenters. The molecule has 1 heteroatoms. The van der Waals surface area contributed by atoms with Crippen LogP contribution in [0, 0.1) is 5.92 Å². The summed E-state index contributed by atoms with van der Waals surface area (Å²) in [7, 11) is 0. The van der Waals surface area contributed by atoms with Crippen molar-refractivity contribution in [3.63, 3.8) is 0 Å². The lowest BCUT2D eigenvalue weighted by Crippen LogP contribution is -2.33. The molecule has 0 bridgehead atoms. The minimum atomic E-state index is 0.685. The van der Waals surface area contributed by atoms with Crippen molar-refractivity contribution >= 4 is 11.8 Å². The van der Waals surface area contributed by atoms with Crippen molar-refractivity contribution in [3.05, 3.63) is 0 Å². The Morgan fingerprint density at radius 2 is 1.72 bits per heavy atom. The van der Waals surface area contributed by atoms with E-state index >= 15 is 0 Å². The number of unbranched alkanes of at least 4 members (excludes halogenated alkanes) is 1. The van der Waals surface area contributed by atoms with Crippen molar-refractivity contribution in [3.8, 4) is 0 Å². The molecule has 0 radical (unpaired) electrons. The fourth-order valence-corrected chi connectivity index (χ4v) is 5.98. The van der Waals surface area contributed by atoms with Gasteiger partial charge in [0.25, 0.3) is 0 Å². The van der Waals surface area contributed by atoms with E-state index in [2.05, 4.69) is 25.6 Å². The molecule has 0 amide bonds. The zero-order chi connectivity index (χ0) is 12.8. The molecule has 2 aliphatic rings. The third-order valence-electron chi connectivity index (χ3n) is 5.18. The summed E-state index contributed by atoms with van der Waals surface area (Å²) in [5.41, 5.74) is 0. The molecule has 0 heterocycles. The predicted molar refractivity (Wildman–Crippen MR) is 84.4 cm³/mol. The highest BCUT2D eigenvalue weighted by atomic mass is 32.2. The summed E-state index contributed by atoms with van der Waals surface area (Å²) in [4.78, 5) is 0. The summed E-state index contributed by atoms with van der Waals surface area (Å²) in [6, 6.07) is 0. The van der Waals surface area contributed by atoms with Crippen LogP contribution in [-0.2, 0) is 0 Å². The molecule has 0 aromatic carbocycles. The van der Waals surface area contributed by atoms with Crippen LogP contribution in [0.1, 0.15) is 90.9 Å². The molecule has 0 aromatic rings. The molecule has 18 heavy (non-hydrogen) atoms. The summed E-state index contributed by atoms with van der Waals surface area (Å²) in [5, 5.41) is 0.980. The largest absolute Gasteiger partial charge is 0.151 e. The van der Waals surface area contributed by atoms with Gasteiger partial charge in [0.05, 0.1) is 0 Å². The molecule has 2 atom stereocenters. The summed E-state index contributed by atoms with van der Waals surface area (Å²) in [6.07, 6.45) is 17.8. The van der Waals surface area contributed by atoms with Gasteiger partial charge in [-0.25, -0.2) is 0 Å². The van der Waals surface area contributed by atoms with Crippen LogP contribution >= 0.6 is 11.8 Å². The average molecular weight is 269 g/mol. The van der Waals surface area contributed by atoms with Crippen molar-refractivity contribution in [2.24, 2.45) is 5.92 Å². The van der Waals surface area contributed by atoms with Gasteiger partial charge in [0, 0.05) is 10.00 Å². The highest BCUT2D eigenvalue weighted by Crippen LogP contribution is 2.49. The minimum absolute atomic E-state index is 0.685. The van der Waals surface area contributed by atoms with Gasteiger partial charge in [0.2, 0.25) is 0 Å². The van der Waals surface area contributed by atoms with Crippen LogP contribution in [0.5, 0.6) is 0 Å². The molecular formula is C17H32S. The van der Waals surface area contributed by atoms with Gasteiger partial charge in [-0.05, 0) is 38.0 Å². The normalized spacial score (nSPS) is 32.3. The van der Waals surface area contributed by atoms with Crippen LogP contribution in [-0.4, -0.2) is 10.00 Å². The van der Waals surface area contributed by atoms with Crippen LogP contribution in [0.2, 0.25) is 0 Å². The highest BCUT2D eigenvalue weighted by molar-refractivity contribution is 8.01. The first-order valence-electron chi connectivity index (χ1n) is 8.43. The van der Waals surface area contributed by atoms with E-state index in [4.69, 9.17) is 0 Å². The first kappa shape index (κ1) is 14.8. The third kappa shape index (κ3) is 3.92. The molecule has 0 spiro atoms. The van der Waals surface area contributed by atoms with Gasteiger partial charge < -0.3 is 0 Å². The molecule has 0 aliphatic heterocycles. The fourth-order valence-electron chi connectivity index (χ4n) is 3.90. The van der Waals surface area contributed by atoms with E-state index in [0.29, 0.717) is 4.75 Å². The van der Waals surface area contributed by atoms with Crippen molar-refractivity contribution in [1.29, 1.82) is 0 Å². The van der Waals surface area contributed by atoms with E-state index in [1.54, 1.807) is 0 Å². The van der Waals surface area contributed by atoms with Crippen LogP contribution < -0.4 is 0 Å². The van der Waals surface area contributed by atoms with E-state index in [-0.39, 0.29) is 0 Å². The number of hydrogen-bond donors (Lipinski definition) is 0. The minimum Gasteiger partial charge on any atom is -0.151 e. The lowest BCUT2D eigenvalue weighted by molar-refractivity contribution is 0.354. The lowest BCUT2D eigenvalue weighted by atomic mass is 9.84. The molecule has 2 saturated carbocycles. The molecule has 0 saturated heterocycles. The Balaban J connectivity index is 1.94. The van der Waals surface area contributed by atoms with Crippen molar-refractivity contribution in [2.75, 3.05) is 0 Å². The molecule has 2 aliphatic carbocycles. The summed E-state index contributed by atoms with van der Waals surface area (Å²) >= 11 is 2.44. The Kier molecular flexibility index (Phi) is 5.92. The molecule has 0 aromatic heterocycles. The van der Waals surface area contributed by atoms with Crippen LogP contribution in [0.25, 0.3) is 0 Å². The van der Waals surface area contributed by atoms with Gasteiger partial charge in [-0.3, -0.25) is 0 Å². The number of hydrogen-bond acceptors (Lipinski definition) is 1. The SMILES string of the molecule is CCCCC1(SC2CCCCC2C)CCCCC1. The summed E-state index contributed by atoms with van der Waals surface area (Å²) < 4.78 is 0.685. The highest BCUT2D eigenvalue weighted by Gasteiger charge is 2.36. The number of thioether (sulfide) groups is 1. The van der Waals surface area contributed by atoms with Gasteiger partial charge in [0.15, 0.2) is 0 Å². The number of rotatable bonds is 5. The van der Waals surface area contributed by atoms with Gasteiger partial charge in [0.1, 0.15) is 0 Å². The lowest BCUT2D eigenvalue weighted by Gasteiger charge is -2.42. The Hall–Kier alpha value is 0.350. The zero-order valence-corrected chi connectivity index (χ0v) is 13.4. The first-order valence-corrected chi connectivity index (χ1v) is 9.31. The predicted octanol–water partition coefficient (Wildman–Crippen LogP) is 6.19. The second-order valence-corrected chi connectivity index (χ2v) is 8.47. The van der Waals surface area contributed by atoms with Crippen molar-refractivity contribution in [1.82, 2.24) is 0 Å². The average Bonchev–Trinajstić information content (AvgIpc) is 2.40. The molecule has 0 nitrogen and oxygen atoms in total. The maximum Gasteiger partial charge on any atom is 0.0163 e. The monoisotopic (exact) mass is 268 g/mol. The molecule has 0 N–H and O–H groups in total. The van der Waals surface area contributed by atoms with Crippen LogP contribution in [0.4, 0.5) is 0 Å². The molecule has 2 rings (SSSR count). The van der Waals surface area contributed by atoms with Gasteiger partial charge in [-0.2, -0.15) is 11.8 Å². The van der Waals surface area contributed by atoms with Gasteiger partial charge in [-0.15, -0.1) is 0 Å². The summed E-state index contributed by atoms with van der Waals surface area (Å²) in [5.74, 6) is 0.976. The zero-order valence-electron chi connectivity index (χ0n) is 12.5. The van der Waals surface area contributed by atoms with E-state index in [0.717, 1.165) is 11.2 Å². The van der Waals surface area contributed by atoms with Crippen molar-refractivity contribution in [2.45, 2.75) is 101 Å². The molecule has 106 valence electrons. The topological polar surface area (TPSA) is 0 Å². The second kappa shape index (κ2) is 7.22. The van der Waals surface area contributed by atoms with E-state index in [1.807, 2.05) is 0 Å². The summed E-state index contributed by atoms with van der Waals surface area (Å²) in [6.45, 7) is 4.86. The standard InChI is InChI=1S/C17H32S/c1-3-4-12-17(13-8-5-9-14-17)18-16-11-7-6-10-15(16)2/h15-16H,3-14H2,1-2H3. The van der Waals surface area contributed by atoms with E-state index in [9.17, 15) is 0 Å². The Bertz CT molecular complexity index is 230. The van der Waals surface area contributed by atoms with Gasteiger partial charge >= 0.3 is 0 Å². The fraction of sp³-hybridized carbons (Fsp3) is 1.00. The van der Waals surface area contributed by atoms with Crippen molar-refractivity contribution < 1.29 is 0 Å². The van der Waals surface area contributed by atoms with Crippen LogP contribution in [0.15, 0.2) is 0 Å². The smallest absolute Gasteiger partial charge is 0.0163 e. The maximum absolute atomic E-state index is 2.51. The molecule has 2 fully saturated rings. The first-order chi connectivity index (χ1) is 8.76. The second-order valence-electron chi connectivity index (χ2n) is 6.77. The quantitative estimate of drug-likeness (QED) is 0.572. The van der Waals surface area contributed by atoms with E-state index < -0.39 is 0 Å². The Morgan fingerprint density at radius 1 is 1.00 bits per heavy atom. The van der Waals surface area contributed by atoms with E-state index in [1.165, 1.54) is 77.0 Å². The van der Waals surface area contributed by atoms with Crippen LogP contribution in [0.3, 0.4) is 0 Å². The Morgan fingerprint density at radius 3 is 2.39 bits per heavy atom. The maximum atomic E-state index is 2.51.